The van der Waals surface area contributed by atoms with Gasteiger partial charge in [-0.3, -0.25) is 15.0 Å². The number of hydrogen-bond acceptors (Lipinski definition) is 3. The molecule has 1 aromatic rings. The van der Waals surface area contributed by atoms with Crippen molar-refractivity contribution in [1.29, 1.82) is 0 Å². The Bertz CT molecular complexity index is 501. The molecule has 2 rings (SSSR count). The number of halogens is 1. The van der Waals surface area contributed by atoms with Crippen molar-refractivity contribution in [3.05, 3.63) is 39.7 Å². The van der Waals surface area contributed by atoms with Gasteiger partial charge in [-0.2, -0.15) is 4.39 Å². The molecular formula is C15H21FN2O2. The Morgan fingerprint density at radius 1 is 1.40 bits per heavy atom. The number of rotatable bonds is 5. The lowest BCUT2D eigenvalue weighted by Crippen LogP contribution is -2.26. The van der Waals surface area contributed by atoms with Gasteiger partial charge in [0, 0.05) is 24.7 Å². The van der Waals surface area contributed by atoms with Gasteiger partial charge < -0.3 is 0 Å². The lowest BCUT2D eigenvalue weighted by Gasteiger charge is -2.26. The molecule has 0 unspecified atom stereocenters. The predicted molar refractivity (Wildman–Crippen MR) is 76.0 cm³/mol. The molecule has 1 aliphatic rings. The predicted octanol–water partition coefficient (Wildman–Crippen LogP) is 3.75. The number of nitro benzene ring substituents is 1. The second-order valence-corrected chi connectivity index (χ2v) is 5.68. The van der Waals surface area contributed by atoms with E-state index >= 15 is 0 Å². The Hall–Kier alpha value is -1.49. The van der Waals surface area contributed by atoms with Crippen molar-refractivity contribution in [3.8, 4) is 0 Å². The minimum Gasteiger partial charge on any atom is -0.298 e. The van der Waals surface area contributed by atoms with Gasteiger partial charge in [0.05, 0.1) is 4.92 Å². The molecule has 0 amide bonds. The molecule has 1 aromatic carbocycles. The molecule has 1 saturated heterocycles. The van der Waals surface area contributed by atoms with E-state index in [1.807, 2.05) is 0 Å². The molecule has 0 radical (unpaired) electrons. The minimum absolute atomic E-state index is 0.331. The monoisotopic (exact) mass is 280 g/mol. The Morgan fingerprint density at radius 2 is 2.10 bits per heavy atom. The largest absolute Gasteiger partial charge is 0.305 e. The van der Waals surface area contributed by atoms with Gasteiger partial charge in [-0.1, -0.05) is 26.0 Å². The third kappa shape index (κ3) is 2.82. The Labute approximate surface area is 118 Å². The summed E-state index contributed by atoms with van der Waals surface area (Å²) in [7, 11) is 0. The number of nitro groups is 1. The number of likely N-dealkylation sites (tertiary alicyclic amines) is 1. The molecule has 110 valence electrons. The molecule has 0 aliphatic carbocycles. The van der Waals surface area contributed by atoms with E-state index in [0.717, 1.165) is 32.4 Å². The van der Waals surface area contributed by atoms with E-state index in [1.54, 1.807) is 12.1 Å². The van der Waals surface area contributed by atoms with Gasteiger partial charge in [0.1, 0.15) is 0 Å². The van der Waals surface area contributed by atoms with Crippen molar-refractivity contribution in [2.45, 2.75) is 39.7 Å². The average Bonchev–Trinajstić information content (AvgIpc) is 2.85. The number of hydrogen-bond donors (Lipinski definition) is 0. The van der Waals surface area contributed by atoms with E-state index in [2.05, 4.69) is 18.7 Å². The van der Waals surface area contributed by atoms with Crippen LogP contribution < -0.4 is 0 Å². The lowest BCUT2D eigenvalue weighted by molar-refractivity contribution is -0.387. The molecule has 0 atom stereocenters. The van der Waals surface area contributed by atoms with Crippen LogP contribution in [0.3, 0.4) is 0 Å². The summed E-state index contributed by atoms with van der Waals surface area (Å²) in [5, 5.41) is 10.8. The minimum atomic E-state index is -0.692. The summed E-state index contributed by atoms with van der Waals surface area (Å²) >= 11 is 0. The zero-order chi connectivity index (χ0) is 14.8. The molecule has 1 fully saturated rings. The van der Waals surface area contributed by atoms with Crippen LogP contribution in [-0.4, -0.2) is 22.9 Å². The summed E-state index contributed by atoms with van der Waals surface area (Å²) in [6.45, 7) is 6.73. The standard InChI is InChI=1S/C15H21FN2O2/c1-3-15(4-2)8-9-17(11-15)10-12-6-5-7-13(14(12)16)18(19)20/h5-7H,3-4,8-11H2,1-2H3. The van der Waals surface area contributed by atoms with Crippen LogP contribution in [0, 0.1) is 21.3 Å². The molecule has 1 heterocycles. The maximum absolute atomic E-state index is 14.1. The van der Waals surface area contributed by atoms with Crippen molar-refractivity contribution in [2.75, 3.05) is 13.1 Å². The van der Waals surface area contributed by atoms with Crippen LogP contribution in [0.1, 0.15) is 38.7 Å². The van der Waals surface area contributed by atoms with E-state index in [1.165, 1.54) is 6.07 Å². The fourth-order valence-electron chi connectivity index (χ4n) is 3.06. The second-order valence-electron chi connectivity index (χ2n) is 5.68. The Morgan fingerprint density at radius 3 is 2.65 bits per heavy atom. The van der Waals surface area contributed by atoms with Gasteiger partial charge in [0.15, 0.2) is 0 Å². The van der Waals surface area contributed by atoms with Crippen LogP contribution in [0.25, 0.3) is 0 Å². The molecule has 1 aliphatic heterocycles. The van der Waals surface area contributed by atoms with Crippen molar-refractivity contribution in [3.63, 3.8) is 0 Å². The average molecular weight is 280 g/mol. The van der Waals surface area contributed by atoms with E-state index in [4.69, 9.17) is 0 Å². The van der Waals surface area contributed by atoms with Crippen molar-refractivity contribution >= 4 is 5.69 Å². The summed E-state index contributed by atoms with van der Waals surface area (Å²) in [6.07, 6.45) is 3.37. The molecule has 0 saturated carbocycles. The molecule has 20 heavy (non-hydrogen) atoms. The Balaban J connectivity index is 2.12. The van der Waals surface area contributed by atoms with Crippen LogP contribution >= 0.6 is 0 Å². The van der Waals surface area contributed by atoms with Crippen LogP contribution in [-0.2, 0) is 6.54 Å². The highest BCUT2D eigenvalue weighted by Crippen LogP contribution is 2.37. The summed E-state index contributed by atoms with van der Waals surface area (Å²) in [5.74, 6) is -0.692. The highest BCUT2D eigenvalue weighted by molar-refractivity contribution is 5.36. The first-order valence-electron chi connectivity index (χ1n) is 7.15. The van der Waals surface area contributed by atoms with E-state index < -0.39 is 16.4 Å². The summed E-state index contributed by atoms with van der Waals surface area (Å²) in [6, 6.07) is 4.41. The Kier molecular flexibility index (Phi) is 4.38. The smallest absolute Gasteiger partial charge is 0.298 e. The van der Waals surface area contributed by atoms with E-state index in [9.17, 15) is 14.5 Å². The van der Waals surface area contributed by atoms with E-state index in [-0.39, 0.29) is 0 Å². The molecule has 5 heteroatoms. The topological polar surface area (TPSA) is 46.4 Å². The molecule has 0 spiro atoms. The van der Waals surface area contributed by atoms with Gasteiger partial charge >= 0.3 is 5.69 Å². The maximum Gasteiger partial charge on any atom is 0.305 e. The lowest BCUT2D eigenvalue weighted by atomic mass is 9.82. The molecule has 0 N–H and O–H groups in total. The van der Waals surface area contributed by atoms with Crippen molar-refractivity contribution < 1.29 is 9.31 Å². The zero-order valence-electron chi connectivity index (χ0n) is 12.1. The summed E-state index contributed by atoms with van der Waals surface area (Å²) in [5.41, 5.74) is 0.318. The van der Waals surface area contributed by atoms with E-state index in [0.29, 0.717) is 17.5 Å². The van der Waals surface area contributed by atoms with Gasteiger partial charge in [0.2, 0.25) is 5.82 Å². The second kappa shape index (κ2) is 5.87. The molecule has 4 nitrogen and oxygen atoms in total. The first-order valence-corrected chi connectivity index (χ1v) is 7.15. The zero-order valence-corrected chi connectivity index (χ0v) is 12.1. The summed E-state index contributed by atoms with van der Waals surface area (Å²) in [4.78, 5) is 12.3. The third-order valence-electron chi connectivity index (χ3n) is 4.67. The fourth-order valence-corrected chi connectivity index (χ4v) is 3.06. The number of benzene rings is 1. The van der Waals surface area contributed by atoms with Gasteiger partial charge in [-0.25, -0.2) is 0 Å². The quantitative estimate of drug-likeness (QED) is 0.609. The molecule has 0 bridgehead atoms. The molecule has 0 aromatic heterocycles. The first kappa shape index (κ1) is 14.9. The van der Waals surface area contributed by atoms with Crippen LogP contribution in [0.15, 0.2) is 18.2 Å². The maximum atomic E-state index is 14.1. The van der Waals surface area contributed by atoms with Gasteiger partial charge in [-0.05, 0) is 31.2 Å². The molecular weight excluding hydrogens is 259 g/mol. The van der Waals surface area contributed by atoms with Crippen LogP contribution in [0.4, 0.5) is 10.1 Å². The van der Waals surface area contributed by atoms with Gasteiger partial charge in [0.25, 0.3) is 0 Å². The first-order chi connectivity index (χ1) is 9.51. The van der Waals surface area contributed by atoms with Crippen LogP contribution in [0.2, 0.25) is 0 Å². The highest BCUT2D eigenvalue weighted by Gasteiger charge is 2.35. The summed E-state index contributed by atoms with van der Waals surface area (Å²) < 4.78 is 14.1. The number of nitrogens with zero attached hydrogens (tertiary/aromatic N) is 2. The van der Waals surface area contributed by atoms with Crippen LogP contribution in [0.5, 0.6) is 0 Å². The highest BCUT2D eigenvalue weighted by atomic mass is 19.1. The normalized spacial score (nSPS) is 18.4. The fraction of sp³-hybridized carbons (Fsp3) is 0.600. The van der Waals surface area contributed by atoms with Crippen molar-refractivity contribution in [1.82, 2.24) is 4.90 Å². The van der Waals surface area contributed by atoms with Gasteiger partial charge in [-0.15, -0.1) is 0 Å². The SMILES string of the molecule is CCC1(CC)CCN(Cc2cccc([N+](=O)[O-])c2F)C1. The van der Waals surface area contributed by atoms with Crippen molar-refractivity contribution in [2.24, 2.45) is 5.41 Å². The third-order valence-corrected chi connectivity index (χ3v) is 4.67.